The zero-order valence-corrected chi connectivity index (χ0v) is 12.5. The summed E-state index contributed by atoms with van der Waals surface area (Å²) in [5.74, 6) is 1.39. The number of ketones is 1. The average molecular weight is 299 g/mol. The summed E-state index contributed by atoms with van der Waals surface area (Å²) in [6.07, 6.45) is 4.37. The molecule has 0 aliphatic carbocycles. The molecule has 1 saturated heterocycles. The van der Waals surface area contributed by atoms with Gasteiger partial charge in [0.1, 0.15) is 17.3 Å². The van der Waals surface area contributed by atoms with Crippen molar-refractivity contribution in [2.24, 2.45) is 0 Å². The molecule has 2 aliphatic heterocycles. The molecule has 0 amide bonds. The summed E-state index contributed by atoms with van der Waals surface area (Å²) in [4.78, 5) is 14.0. The van der Waals surface area contributed by atoms with Gasteiger partial charge in [-0.25, -0.2) is 0 Å². The molecule has 0 bridgehead atoms. The minimum absolute atomic E-state index is 0.0574. The van der Waals surface area contributed by atoms with Crippen molar-refractivity contribution >= 4 is 17.3 Å². The zero-order valence-electron chi connectivity index (χ0n) is 12.5. The SMILES string of the molecule is COc1cc(OC)cc(N2CC(=O)C(=C3CC=CN3)C2=N)c1. The summed E-state index contributed by atoms with van der Waals surface area (Å²) in [7, 11) is 3.14. The minimum atomic E-state index is -0.0574. The second kappa shape index (κ2) is 5.55. The van der Waals surface area contributed by atoms with Gasteiger partial charge in [0.15, 0.2) is 5.78 Å². The number of carbonyl (C=O) groups is 1. The van der Waals surface area contributed by atoms with Crippen LogP contribution in [0.1, 0.15) is 6.42 Å². The van der Waals surface area contributed by atoms with Gasteiger partial charge in [0.05, 0.1) is 32.0 Å². The van der Waals surface area contributed by atoms with E-state index < -0.39 is 0 Å². The van der Waals surface area contributed by atoms with E-state index in [2.05, 4.69) is 5.32 Å². The van der Waals surface area contributed by atoms with E-state index in [0.29, 0.717) is 29.2 Å². The van der Waals surface area contributed by atoms with Gasteiger partial charge in [0, 0.05) is 30.3 Å². The Morgan fingerprint density at radius 3 is 2.41 bits per heavy atom. The van der Waals surface area contributed by atoms with Crippen molar-refractivity contribution in [1.82, 2.24) is 5.32 Å². The molecule has 2 heterocycles. The Bertz CT molecular complexity index is 674. The molecule has 0 aromatic heterocycles. The molecule has 0 radical (unpaired) electrons. The summed E-state index contributed by atoms with van der Waals surface area (Å²) in [5.41, 5.74) is 1.94. The standard InChI is InChI=1S/C16H17N3O3/c1-21-11-6-10(7-12(8-11)22-2)19-9-14(20)15(16(19)17)13-4-3-5-18-13/h3,5-8,17-18H,4,9H2,1-2H3. The predicted octanol–water partition coefficient (Wildman–Crippen LogP) is 1.83. The van der Waals surface area contributed by atoms with Crippen molar-refractivity contribution in [2.75, 3.05) is 25.7 Å². The second-order valence-corrected chi connectivity index (χ2v) is 5.03. The zero-order chi connectivity index (χ0) is 15.7. The first kappa shape index (κ1) is 14.2. The maximum absolute atomic E-state index is 12.3. The van der Waals surface area contributed by atoms with Crippen LogP contribution in [-0.2, 0) is 4.79 Å². The number of methoxy groups -OCH3 is 2. The van der Waals surface area contributed by atoms with Crippen molar-refractivity contribution in [2.45, 2.75) is 6.42 Å². The van der Waals surface area contributed by atoms with Crippen LogP contribution >= 0.6 is 0 Å². The molecular weight excluding hydrogens is 282 g/mol. The Hall–Kier alpha value is -2.76. The van der Waals surface area contributed by atoms with Crippen LogP contribution < -0.4 is 19.7 Å². The van der Waals surface area contributed by atoms with Crippen LogP contribution in [-0.4, -0.2) is 32.4 Å². The van der Waals surface area contributed by atoms with Gasteiger partial charge in [-0.15, -0.1) is 0 Å². The summed E-state index contributed by atoms with van der Waals surface area (Å²) in [6.45, 7) is 0.148. The lowest BCUT2D eigenvalue weighted by Gasteiger charge is -2.19. The molecule has 22 heavy (non-hydrogen) atoms. The van der Waals surface area contributed by atoms with Crippen LogP contribution in [0.3, 0.4) is 0 Å². The highest BCUT2D eigenvalue weighted by Gasteiger charge is 2.34. The molecule has 0 saturated carbocycles. The first-order valence-corrected chi connectivity index (χ1v) is 6.91. The monoisotopic (exact) mass is 299 g/mol. The molecule has 0 unspecified atom stereocenters. The number of hydrogen-bond donors (Lipinski definition) is 2. The van der Waals surface area contributed by atoms with Gasteiger partial charge in [0.2, 0.25) is 0 Å². The third kappa shape index (κ3) is 2.32. The number of ether oxygens (including phenoxy) is 2. The second-order valence-electron chi connectivity index (χ2n) is 5.03. The highest BCUT2D eigenvalue weighted by Crippen LogP contribution is 2.32. The summed E-state index contributed by atoms with van der Waals surface area (Å²) in [5, 5.41) is 11.4. The topological polar surface area (TPSA) is 74.7 Å². The molecule has 2 N–H and O–H groups in total. The molecule has 6 nitrogen and oxygen atoms in total. The first-order valence-electron chi connectivity index (χ1n) is 6.91. The summed E-state index contributed by atoms with van der Waals surface area (Å²) >= 11 is 0. The van der Waals surface area contributed by atoms with Gasteiger partial charge in [-0.2, -0.15) is 0 Å². The van der Waals surface area contributed by atoms with E-state index in [1.807, 2.05) is 6.08 Å². The predicted molar refractivity (Wildman–Crippen MR) is 83.5 cm³/mol. The Balaban J connectivity index is 1.98. The molecular formula is C16H17N3O3. The van der Waals surface area contributed by atoms with Gasteiger partial charge < -0.3 is 19.7 Å². The van der Waals surface area contributed by atoms with Crippen LogP contribution in [0.5, 0.6) is 11.5 Å². The number of rotatable bonds is 3. The number of benzene rings is 1. The maximum Gasteiger partial charge on any atom is 0.188 e. The van der Waals surface area contributed by atoms with Gasteiger partial charge in [-0.3, -0.25) is 10.2 Å². The third-order valence-corrected chi connectivity index (χ3v) is 3.73. The van der Waals surface area contributed by atoms with Crippen LogP contribution in [0.4, 0.5) is 5.69 Å². The van der Waals surface area contributed by atoms with Crippen molar-refractivity contribution in [3.63, 3.8) is 0 Å². The largest absolute Gasteiger partial charge is 0.497 e. The highest BCUT2D eigenvalue weighted by atomic mass is 16.5. The average Bonchev–Trinajstić information content (AvgIpc) is 3.14. The molecule has 3 rings (SSSR count). The number of hydrogen-bond acceptors (Lipinski definition) is 5. The Labute approximate surface area is 128 Å². The molecule has 1 aromatic carbocycles. The van der Waals surface area contributed by atoms with E-state index in [4.69, 9.17) is 14.9 Å². The van der Waals surface area contributed by atoms with Gasteiger partial charge in [0.25, 0.3) is 0 Å². The van der Waals surface area contributed by atoms with Gasteiger partial charge in [-0.1, -0.05) is 6.08 Å². The fourth-order valence-corrected chi connectivity index (χ4v) is 2.62. The van der Waals surface area contributed by atoms with Crippen molar-refractivity contribution in [3.8, 4) is 11.5 Å². The number of nitrogens with one attached hydrogen (secondary N) is 2. The number of carbonyl (C=O) groups excluding carboxylic acids is 1. The molecule has 1 fully saturated rings. The van der Waals surface area contributed by atoms with Crippen molar-refractivity contribution < 1.29 is 14.3 Å². The number of anilines is 1. The molecule has 0 spiro atoms. The maximum atomic E-state index is 12.3. The van der Waals surface area contributed by atoms with E-state index in [-0.39, 0.29) is 18.2 Å². The van der Waals surface area contributed by atoms with Gasteiger partial charge >= 0.3 is 0 Å². The van der Waals surface area contributed by atoms with Gasteiger partial charge in [-0.05, 0) is 6.20 Å². The highest BCUT2D eigenvalue weighted by molar-refractivity contribution is 6.33. The first-order chi connectivity index (χ1) is 10.6. The Kier molecular flexibility index (Phi) is 3.58. The Morgan fingerprint density at radius 1 is 1.18 bits per heavy atom. The van der Waals surface area contributed by atoms with E-state index >= 15 is 0 Å². The number of nitrogens with zero attached hydrogens (tertiary/aromatic N) is 1. The van der Waals surface area contributed by atoms with Crippen molar-refractivity contribution in [3.05, 3.63) is 41.7 Å². The quantitative estimate of drug-likeness (QED) is 0.833. The minimum Gasteiger partial charge on any atom is -0.497 e. The van der Waals surface area contributed by atoms with Crippen LogP contribution in [0, 0.1) is 5.41 Å². The smallest absolute Gasteiger partial charge is 0.188 e. The number of allylic oxidation sites excluding steroid dienone is 1. The molecule has 0 atom stereocenters. The van der Waals surface area contributed by atoms with E-state index in [1.54, 1.807) is 43.5 Å². The molecule has 6 heteroatoms. The van der Waals surface area contributed by atoms with E-state index in [1.165, 1.54) is 0 Å². The normalized spacial score (nSPS) is 20.5. The fourth-order valence-electron chi connectivity index (χ4n) is 2.62. The lowest BCUT2D eigenvalue weighted by Crippen LogP contribution is -2.25. The third-order valence-electron chi connectivity index (χ3n) is 3.73. The van der Waals surface area contributed by atoms with E-state index in [0.717, 1.165) is 5.70 Å². The van der Waals surface area contributed by atoms with Crippen LogP contribution in [0.15, 0.2) is 41.7 Å². The number of Topliss-reactive ketones (excluding diaryl/α,β-unsaturated/α-hetero) is 1. The number of amidine groups is 1. The Morgan fingerprint density at radius 2 is 1.86 bits per heavy atom. The lowest BCUT2D eigenvalue weighted by atomic mass is 10.1. The fraction of sp³-hybridized carbons (Fsp3) is 0.250. The lowest BCUT2D eigenvalue weighted by molar-refractivity contribution is -0.113. The van der Waals surface area contributed by atoms with E-state index in [9.17, 15) is 4.79 Å². The molecule has 2 aliphatic rings. The molecule has 1 aromatic rings. The molecule has 114 valence electrons. The summed E-state index contributed by atoms with van der Waals surface area (Å²) < 4.78 is 10.5. The van der Waals surface area contributed by atoms with Crippen LogP contribution in [0.2, 0.25) is 0 Å². The van der Waals surface area contributed by atoms with Crippen molar-refractivity contribution in [1.29, 1.82) is 5.41 Å². The van der Waals surface area contributed by atoms with Crippen LogP contribution in [0.25, 0.3) is 0 Å². The summed E-state index contributed by atoms with van der Waals surface area (Å²) in [6, 6.07) is 5.34.